The van der Waals surface area contributed by atoms with Crippen molar-refractivity contribution in [3.05, 3.63) is 68.5 Å². The van der Waals surface area contributed by atoms with Gasteiger partial charge in [-0.25, -0.2) is 9.97 Å². The third-order valence-electron chi connectivity index (χ3n) is 4.36. The Morgan fingerprint density at radius 3 is 2.70 bits per heavy atom. The molecule has 2 N–H and O–H groups in total. The highest BCUT2D eigenvalue weighted by Crippen LogP contribution is 2.25. The number of thiazole rings is 1. The predicted molar refractivity (Wildman–Crippen MR) is 113 cm³/mol. The molecule has 150 valence electrons. The van der Waals surface area contributed by atoms with Crippen molar-refractivity contribution >= 4 is 17.3 Å². The summed E-state index contributed by atoms with van der Waals surface area (Å²) in [5.74, 6) is 2.25. The normalized spacial score (nSPS) is 10.6. The van der Waals surface area contributed by atoms with Crippen molar-refractivity contribution < 1.29 is 9.15 Å². The fourth-order valence-corrected chi connectivity index (χ4v) is 3.48. The zero-order chi connectivity index (χ0) is 21.1. The first kappa shape index (κ1) is 19.4. The van der Waals surface area contributed by atoms with Crippen LogP contribution in [0.2, 0.25) is 0 Å². The van der Waals surface area contributed by atoms with E-state index in [-0.39, 0.29) is 11.5 Å². The summed E-state index contributed by atoms with van der Waals surface area (Å²) in [5.41, 5.74) is 1.16. The fraction of sp³-hybridized carbons (Fsp3) is 0.143. The third-order valence-corrected chi connectivity index (χ3v) is 5.13. The van der Waals surface area contributed by atoms with Crippen molar-refractivity contribution in [1.29, 1.82) is 5.26 Å². The van der Waals surface area contributed by atoms with Crippen molar-refractivity contribution in [2.24, 2.45) is 0 Å². The second-order valence-electron chi connectivity index (χ2n) is 6.35. The molecule has 0 atom stereocenters. The number of aromatic nitrogens is 3. The van der Waals surface area contributed by atoms with E-state index in [1.54, 1.807) is 42.7 Å². The summed E-state index contributed by atoms with van der Waals surface area (Å²) in [6.45, 7) is 2.24. The van der Waals surface area contributed by atoms with Gasteiger partial charge in [0.05, 0.1) is 24.4 Å². The number of H-pyrrole nitrogens is 1. The van der Waals surface area contributed by atoms with Gasteiger partial charge in [0.25, 0.3) is 5.56 Å². The van der Waals surface area contributed by atoms with Gasteiger partial charge in [-0.1, -0.05) is 0 Å². The van der Waals surface area contributed by atoms with E-state index in [1.165, 1.54) is 0 Å². The molecule has 0 saturated heterocycles. The summed E-state index contributed by atoms with van der Waals surface area (Å²) >= 11 is 1.55. The van der Waals surface area contributed by atoms with Crippen molar-refractivity contribution in [1.82, 2.24) is 15.0 Å². The second-order valence-corrected chi connectivity index (χ2v) is 7.41. The number of ether oxygens (including phenoxy) is 1. The van der Waals surface area contributed by atoms with Gasteiger partial charge in [0.2, 0.25) is 5.95 Å². The van der Waals surface area contributed by atoms with E-state index in [0.29, 0.717) is 35.1 Å². The van der Waals surface area contributed by atoms with Crippen molar-refractivity contribution in [3.8, 4) is 34.5 Å². The average Bonchev–Trinajstić information content (AvgIpc) is 3.41. The van der Waals surface area contributed by atoms with Gasteiger partial charge in [-0.15, -0.1) is 11.3 Å². The lowest BCUT2D eigenvalue weighted by atomic mass is 10.1. The van der Waals surface area contributed by atoms with Gasteiger partial charge < -0.3 is 14.5 Å². The van der Waals surface area contributed by atoms with Gasteiger partial charge in [0.15, 0.2) is 5.76 Å². The maximum atomic E-state index is 12.4. The molecule has 4 rings (SSSR count). The van der Waals surface area contributed by atoms with E-state index >= 15 is 0 Å². The molecule has 0 aliphatic heterocycles. The molecular weight excluding hydrogens is 402 g/mol. The Balaban J connectivity index is 1.57. The van der Waals surface area contributed by atoms with E-state index in [4.69, 9.17) is 9.15 Å². The molecule has 9 heteroatoms. The monoisotopic (exact) mass is 419 g/mol. The molecule has 0 unspecified atom stereocenters. The summed E-state index contributed by atoms with van der Waals surface area (Å²) in [6, 6.07) is 12.6. The lowest BCUT2D eigenvalue weighted by Gasteiger charge is -2.08. The van der Waals surface area contributed by atoms with Crippen LogP contribution in [-0.2, 0) is 6.54 Å². The van der Waals surface area contributed by atoms with Crippen LogP contribution >= 0.6 is 11.3 Å². The zero-order valence-corrected chi connectivity index (χ0v) is 17.0. The maximum absolute atomic E-state index is 12.4. The maximum Gasteiger partial charge on any atom is 0.270 e. The van der Waals surface area contributed by atoms with E-state index in [2.05, 4.69) is 20.3 Å². The molecule has 30 heavy (non-hydrogen) atoms. The fourth-order valence-electron chi connectivity index (χ4n) is 2.88. The van der Waals surface area contributed by atoms with Gasteiger partial charge in [-0.2, -0.15) is 5.26 Å². The van der Waals surface area contributed by atoms with Gasteiger partial charge in [-0.3, -0.25) is 9.78 Å². The number of nitriles is 1. The number of aromatic amines is 1. The number of nitrogens with zero attached hydrogens (tertiary/aromatic N) is 3. The number of anilines is 1. The van der Waals surface area contributed by atoms with Gasteiger partial charge in [0.1, 0.15) is 28.8 Å². The van der Waals surface area contributed by atoms with E-state index < -0.39 is 5.56 Å². The minimum absolute atomic E-state index is 0.0510. The van der Waals surface area contributed by atoms with Crippen LogP contribution in [0.25, 0.3) is 22.7 Å². The van der Waals surface area contributed by atoms with E-state index in [0.717, 1.165) is 10.7 Å². The Morgan fingerprint density at radius 1 is 1.23 bits per heavy atom. The van der Waals surface area contributed by atoms with E-state index in [9.17, 15) is 10.1 Å². The molecule has 1 aromatic carbocycles. The van der Waals surface area contributed by atoms with Crippen molar-refractivity contribution in [2.45, 2.75) is 13.5 Å². The summed E-state index contributed by atoms with van der Waals surface area (Å²) in [7, 11) is 1.57. The van der Waals surface area contributed by atoms with Gasteiger partial charge in [0, 0.05) is 10.9 Å². The Morgan fingerprint density at radius 2 is 2.03 bits per heavy atom. The van der Waals surface area contributed by atoms with Gasteiger partial charge in [-0.05, 0) is 43.3 Å². The molecular formula is C21H17N5O3S. The minimum atomic E-state index is -0.515. The summed E-state index contributed by atoms with van der Waals surface area (Å²) in [6.07, 6.45) is 0. The second kappa shape index (κ2) is 8.23. The van der Waals surface area contributed by atoms with Crippen molar-refractivity contribution in [2.75, 3.05) is 12.4 Å². The number of hydrogen-bond donors (Lipinski definition) is 2. The zero-order valence-electron chi connectivity index (χ0n) is 16.2. The molecule has 0 aliphatic carbocycles. The quantitative estimate of drug-likeness (QED) is 0.486. The lowest BCUT2D eigenvalue weighted by molar-refractivity contribution is 0.415. The summed E-state index contributed by atoms with van der Waals surface area (Å²) < 4.78 is 11.0. The number of furan rings is 1. The highest BCUT2D eigenvalue weighted by atomic mass is 32.1. The lowest BCUT2D eigenvalue weighted by Crippen LogP contribution is -2.17. The molecule has 0 spiro atoms. The van der Waals surface area contributed by atoms with Crippen LogP contribution in [0.15, 0.2) is 51.0 Å². The largest absolute Gasteiger partial charge is 0.497 e. The first-order valence-electron chi connectivity index (χ1n) is 9.01. The number of aryl methyl sites for hydroxylation is 1. The van der Waals surface area contributed by atoms with Gasteiger partial charge >= 0.3 is 0 Å². The Bertz CT molecular complexity index is 1280. The van der Waals surface area contributed by atoms with Crippen LogP contribution in [0.4, 0.5) is 5.95 Å². The average molecular weight is 419 g/mol. The van der Waals surface area contributed by atoms with Crippen LogP contribution in [0.5, 0.6) is 5.75 Å². The Hall–Kier alpha value is -3.90. The molecule has 0 bridgehead atoms. The Labute approximate surface area is 175 Å². The SMILES string of the molecule is COc1ccc(-c2nc(NCc3ccc(-c4csc(C)n4)o3)[nH]c(=O)c2C#N)cc1. The molecule has 0 amide bonds. The van der Waals surface area contributed by atoms with Crippen LogP contribution in [-0.4, -0.2) is 22.1 Å². The highest BCUT2D eigenvalue weighted by Gasteiger charge is 2.14. The number of benzene rings is 1. The Kier molecular flexibility index (Phi) is 5.32. The van der Waals surface area contributed by atoms with E-state index in [1.807, 2.05) is 30.5 Å². The minimum Gasteiger partial charge on any atom is -0.497 e. The standard InChI is InChI=1S/C21H17N5O3S/c1-12-24-17(11-30-12)18-8-7-15(29-18)10-23-21-25-19(16(9-22)20(27)26-21)13-3-5-14(28-2)6-4-13/h3-8,11H,10H2,1-2H3,(H2,23,25,26,27). The van der Waals surface area contributed by atoms with Crippen LogP contribution < -0.4 is 15.6 Å². The summed E-state index contributed by atoms with van der Waals surface area (Å²) in [4.78, 5) is 23.8. The molecule has 0 saturated carbocycles. The molecule has 3 aromatic heterocycles. The molecule has 0 fully saturated rings. The van der Waals surface area contributed by atoms with Crippen molar-refractivity contribution in [3.63, 3.8) is 0 Å². The predicted octanol–water partition coefficient (Wildman–Crippen LogP) is 3.95. The highest BCUT2D eigenvalue weighted by molar-refractivity contribution is 7.09. The summed E-state index contributed by atoms with van der Waals surface area (Å²) in [5, 5.41) is 15.3. The third kappa shape index (κ3) is 3.94. The van der Waals surface area contributed by atoms with Crippen LogP contribution in [0, 0.1) is 18.3 Å². The first-order valence-corrected chi connectivity index (χ1v) is 9.89. The smallest absolute Gasteiger partial charge is 0.270 e. The number of rotatable bonds is 6. The molecule has 0 radical (unpaired) electrons. The molecule has 0 aliphatic rings. The number of methoxy groups -OCH3 is 1. The number of nitrogens with one attached hydrogen (secondary N) is 2. The number of hydrogen-bond acceptors (Lipinski definition) is 8. The first-order chi connectivity index (χ1) is 14.6. The molecule has 4 aromatic rings. The molecule has 3 heterocycles. The van der Waals surface area contributed by atoms with Crippen LogP contribution in [0.1, 0.15) is 16.3 Å². The topological polar surface area (TPSA) is 117 Å². The molecule has 8 nitrogen and oxygen atoms in total. The van der Waals surface area contributed by atoms with Crippen LogP contribution in [0.3, 0.4) is 0 Å².